The monoisotopic (exact) mass is 331 g/mol. The van der Waals surface area contributed by atoms with Crippen LogP contribution in [0.5, 0.6) is 11.5 Å². The first-order chi connectivity index (χ1) is 11.6. The SMILES string of the molecule is Oc1ccc(-c2cc(OCC3CNC3)c3cncn3c2)c(F)c1F. The van der Waals surface area contributed by atoms with E-state index in [1.54, 1.807) is 29.2 Å². The average Bonchev–Trinajstić information content (AvgIpc) is 2.99. The summed E-state index contributed by atoms with van der Waals surface area (Å²) >= 11 is 0. The molecule has 0 radical (unpaired) electrons. The second-order valence-corrected chi connectivity index (χ2v) is 5.87. The summed E-state index contributed by atoms with van der Waals surface area (Å²) in [5, 5.41) is 12.5. The molecule has 2 aromatic heterocycles. The Morgan fingerprint density at radius 3 is 2.88 bits per heavy atom. The van der Waals surface area contributed by atoms with Crippen molar-refractivity contribution < 1.29 is 18.6 Å². The van der Waals surface area contributed by atoms with Gasteiger partial charge in [0.1, 0.15) is 11.3 Å². The Balaban J connectivity index is 1.77. The van der Waals surface area contributed by atoms with E-state index in [1.165, 1.54) is 6.07 Å². The molecule has 0 saturated carbocycles. The molecule has 0 spiro atoms. The van der Waals surface area contributed by atoms with Gasteiger partial charge in [0.15, 0.2) is 11.6 Å². The number of benzene rings is 1. The van der Waals surface area contributed by atoms with Crippen molar-refractivity contribution in [2.45, 2.75) is 0 Å². The van der Waals surface area contributed by atoms with Crippen molar-refractivity contribution in [3.8, 4) is 22.6 Å². The molecule has 0 unspecified atom stereocenters. The molecule has 3 heterocycles. The summed E-state index contributed by atoms with van der Waals surface area (Å²) in [6, 6.07) is 4.13. The predicted octanol–water partition coefficient (Wildman–Crippen LogP) is 2.58. The number of phenols is 1. The van der Waals surface area contributed by atoms with E-state index in [-0.39, 0.29) is 5.56 Å². The van der Waals surface area contributed by atoms with E-state index in [9.17, 15) is 13.9 Å². The largest absolute Gasteiger partial charge is 0.505 e. The number of ether oxygens (including phenoxy) is 1. The molecule has 0 amide bonds. The number of aromatic nitrogens is 2. The van der Waals surface area contributed by atoms with Crippen molar-refractivity contribution in [2.75, 3.05) is 19.7 Å². The maximum absolute atomic E-state index is 14.2. The predicted molar refractivity (Wildman–Crippen MR) is 84.1 cm³/mol. The lowest BCUT2D eigenvalue weighted by atomic mass is 10.0. The van der Waals surface area contributed by atoms with E-state index in [4.69, 9.17) is 4.74 Å². The molecule has 124 valence electrons. The Morgan fingerprint density at radius 2 is 2.12 bits per heavy atom. The van der Waals surface area contributed by atoms with Crippen LogP contribution in [0.2, 0.25) is 0 Å². The standard InChI is InChI=1S/C17H15F2N3O2/c18-16-12(1-2-14(23)17(16)19)11-3-15(24-8-10-4-20-5-10)13-6-21-9-22(13)7-11/h1-3,6-7,9-10,20,23H,4-5,8H2. The van der Waals surface area contributed by atoms with Gasteiger partial charge in [-0.2, -0.15) is 4.39 Å². The third-order valence-electron chi connectivity index (χ3n) is 4.20. The van der Waals surface area contributed by atoms with Gasteiger partial charge < -0.3 is 19.6 Å². The fourth-order valence-electron chi connectivity index (χ4n) is 2.70. The third kappa shape index (κ3) is 2.46. The van der Waals surface area contributed by atoms with Crippen LogP contribution < -0.4 is 10.1 Å². The van der Waals surface area contributed by atoms with Crippen molar-refractivity contribution in [2.24, 2.45) is 5.92 Å². The lowest BCUT2D eigenvalue weighted by molar-refractivity contribution is 0.200. The molecule has 2 N–H and O–H groups in total. The van der Waals surface area contributed by atoms with E-state index in [2.05, 4.69) is 10.3 Å². The maximum atomic E-state index is 14.2. The number of imidazole rings is 1. The molecule has 1 aromatic carbocycles. The highest BCUT2D eigenvalue weighted by molar-refractivity contribution is 5.71. The van der Waals surface area contributed by atoms with Crippen molar-refractivity contribution in [3.05, 3.63) is 48.6 Å². The summed E-state index contributed by atoms with van der Waals surface area (Å²) < 4.78 is 35.4. The number of nitrogens with one attached hydrogen (secondary N) is 1. The van der Waals surface area contributed by atoms with Gasteiger partial charge >= 0.3 is 0 Å². The second-order valence-electron chi connectivity index (χ2n) is 5.87. The molecule has 3 aromatic rings. The lowest BCUT2D eigenvalue weighted by Gasteiger charge is -2.27. The lowest BCUT2D eigenvalue weighted by Crippen LogP contribution is -2.45. The van der Waals surface area contributed by atoms with Crippen LogP contribution in [0.4, 0.5) is 8.78 Å². The summed E-state index contributed by atoms with van der Waals surface area (Å²) in [6.45, 7) is 2.36. The maximum Gasteiger partial charge on any atom is 0.200 e. The van der Waals surface area contributed by atoms with Crippen molar-refractivity contribution in [1.29, 1.82) is 0 Å². The van der Waals surface area contributed by atoms with Crippen LogP contribution in [0.3, 0.4) is 0 Å². The number of nitrogens with zero attached hydrogens (tertiary/aromatic N) is 2. The summed E-state index contributed by atoms with van der Waals surface area (Å²) in [4.78, 5) is 4.07. The van der Waals surface area contributed by atoms with Gasteiger partial charge in [-0.15, -0.1) is 0 Å². The molecule has 0 bridgehead atoms. The molecule has 1 aliphatic heterocycles. The highest BCUT2D eigenvalue weighted by Gasteiger charge is 2.19. The van der Waals surface area contributed by atoms with Gasteiger partial charge in [-0.1, -0.05) is 0 Å². The normalized spacial score (nSPS) is 14.8. The molecule has 5 nitrogen and oxygen atoms in total. The smallest absolute Gasteiger partial charge is 0.200 e. The molecule has 1 saturated heterocycles. The number of fused-ring (bicyclic) bond motifs is 1. The van der Waals surface area contributed by atoms with E-state index in [1.807, 2.05) is 0 Å². The number of aromatic hydroxyl groups is 1. The molecule has 7 heteroatoms. The Kier molecular flexibility index (Phi) is 3.57. The van der Waals surface area contributed by atoms with Gasteiger partial charge in [-0.05, 0) is 18.2 Å². The average molecular weight is 331 g/mol. The molecule has 1 fully saturated rings. The zero-order valence-electron chi connectivity index (χ0n) is 12.7. The summed E-state index contributed by atoms with van der Waals surface area (Å²) in [5.74, 6) is -2.07. The zero-order chi connectivity index (χ0) is 16.7. The zero-order valence-corrected chi connectivity index (χ0v) is 12.7. The number of hydrogen-bond acceptors (Lipinski definition) is 4. The molecule has 0 atom stereocenters. The minimum absolute atomic E-state index is 0.0519. The van der Waals surface area contributed by atoms with Crippen molar-refractivity contribution >= 4 is 5.52 Å². The highest BCUT2D eigenvalue weighted by atomic mass is 19.2. The number of rotatable bonds is 4. The Labute approximate surface area is 136 Å². The summed E-state index contributed by atoms with van der Waals surface area (Å²) in [6.07, 6.45) is 4.88. The second kappa shape index (κ2) is 5.76. The van der Waals surface area contributed by atoms with Crippen LogP contribution in [0.15, 0.2) is 36.9 Å². The van der Waals surface area contributed by atoms with Gasteiger partial charge in [0.25, 0.3) is 0 Å². The van der Waals surface area contributed by atoms with Gasteiger partial charge in [0, 0.05) is 36.3 Å². The first kappa shape index (κ1) is 14.9. The number of phenolic OH excluding ortho intramolecular Hbond substituents is 1. The first-order valence-electron chi connectivity index (χ1n) is 7.60. The van der Waals surface area contributed by atoms with E-state index in [0.717, 1.165) is 24.7 Å². The van der Waals surface area contributed by atoms with E-state index in [0.29, 0.717) is 23.8 Å². The topological polar surface area (TPSA) is 58.8 Å². The molecule has 24 heavy (non-hydrogen) atoms. The minimum Gasteiger partial charge on any atom is -0.505 e. The van der Waals surface area contributed by atoms with Crippen molar-refractivity contribution in [3.63, 3.8) is 0 Å². The Hall–Kier alpha value is -2.67. The van der Waals surface area contributed by atoms with Crippen LogP contribution in [0, 0.1) is 17.6 Å². The van der Waals surface area contributed by atoms with Gasteiger partial charge in [-0.25, -0.2) is 9.37 Å². The van der Waals surface area contributed by atoms with Crippen LogP contribution >= 0.6 is 0 Å². The van der Waals surface area contributed by atoms with Crippen LogP contribution in [0.25, 0.3) is 16.6 Å². The summed E-state index contributed by atoms with van der Waals surface area (Å²) in [5.41, 5.74) is 1.25. The first-order valence-corrected chi connectivity index (χ1v) is 7.60. The number of halogens is 2. The van der Waals surface area contributed by atoms with Crippen molar-refractivity contribution in [1.82, 2.24) is 14.7 Å². The molecular weight excluding hydrogens is 316 g/mol. The minimum atomic E-state index is -1.26. The molecule has 4 rings (SSSR count). The van der Waals surface area contributed by atoms with Crippen LogP contribution in [-0.2, 0) is 0 Å². The number of hydrogen-bond donors (Lipinski definition) is 2. The van der Waals surface area contributed by atoms with E-state index >= 15 is 0 Å². The van der Waals surface area contributed by atoms with E-state index < -0.39 is 17.4 Å². The Morgan fingerprint density at radius 1 is 1.29 bits per heavy atom. The van der Waals surface area contributed by atoms with Gasteiger partial charge in [0.05, 0.1) is 19.1 Å². The molecule has 1 aliphatic rings. The highest BCUT2D eigenvalue weighted by Crippen LogP contribution is 2.33. The van der Waals surface area contributed by atoms with Gasteiger partial charge in [-0.3, -0.25) is 0 Å². The quantitative estimate of drug-likeness (QED) is 0.771. The van der Waals surface area contributed by atoms with Crippen LogP contribution in [-0.4, -0.2) is 34.2 Å². The fourth-order valence-corrected chi connectivity index (χ4v) is 2.70. The molecular formula is C17H15F2N3O2. The van der Waals surface area contributed by atoms with Crippen LogP contribution in [0.1, 0.15) is 0 Å². The Bertz CT molecular complexity index is 906. The molecule has 0 aliphatic carbocycles. The third-order valence-corrected chi connectivity index (χ3v) is 4.20. The summed E-state index contributed by atoms with van der Waals surface area (Å²) in [7, 11) is 0. The van der Waals surface area contributed by atoms with Gasteiger partial charge in [0.2, 0.25) is 5.82 Å². The fraction of sp³-hybridized carbons (Fsp3) is 0.235. The number of pyridine rings is 1.